The molecule has 0 heterocycles. The maximum atomic E-state index is 8.69. The first-order chi connectivity index (χ1) is 3.33. The van der Waals surface area contributed by atoms with Crippen molar-refractivity contribution in [3.05, 3.63) is 12.8 Å². The molecular weight excluding hydrogens is 115 g/mol. The van der Waals surface area contributed by atoms with Gasteiger partial charge in [0.2, 0.25) is 0 Å². The topological polar surface area (TPSA) is 40.1 Å². The molecule has 0 spiro atoms. The van der Waals surface area contributed by atoms with Gasteiger partial charge >= 0.3 is 0 Å². The van der Waals surface area contributed by atoms with Crippen LogP contribution in [0.2, 0.25) is 0 Å². The zero-order valence-corrected chi connectivity index (χ0v) is 4.69. The Hall–Kier alpha value is -0.210. The lowest BCUT2D eigenvalue weighted by Crippen LogP contribution is -1.76. The molecule has 0 fully saturated rings. The van der Waals surface area contributed by atoms with Gasteiger partial charge in [-0.2, -0.15) is 0 Å². The highest BCUT2D eigenvalue weighted by Crippen LogP contribution is 1.63. The number of aliphatic hydroxyl groups is 1. The third-order valence-electron chi connectivity index (χ3n) is 0.0845. The van der Waals surface area contributed by atoms with Crippen molar-refractivity contribution in [1.29, 1.82) is 0 Å². The van der Waals surface area contributed by atoms with Gasteiger partial charge in [0.05, 0.1) is 6.61 Å². The number of alkyl halides is 1. The van der Waals surface area contributed by atoms with Crippen LogP contribution in [0.4, 0.5) is 0 Å². The van der Waals surface area contributed by atoms with Crippen LogP contribution in [-0.4, -0.2) is 17.6 Å². The Morgan fingerprint density at radius 3 is 2.00 bits per heavy atom. The molecule has 0 unspecified atom stereocenters. The van der Waals surface area contributed by atoms with Gasteiger partial charge in [0.15, 0.2) is 0 Å². The van der Waals surface area contributed by atoms with Crippen molar-refractivity contribution in [1.82, 2.24) is 0 Å². The fraction of sp³-hybridized carbons (Fsp3) is 0.500. The molecule has 2 nitrogen and oxygen atoms in total. The summed E-state index contributed by atoms with van der Waals surface area (Å²) in [6, 6.07) is 0. The predicted molar refractivity (Wildman–Crippen MR) is 28.7 cm³/mol. The van der Waals surface area contributed by atoms with Crippen molar-refractivity contribution >= 4 is 11.6 Å². The van der Waals surface area contributed by atoms with Crippen molar-refractivity contribution in [2.45, 2.75) is 0 Å². The van der Waals surface area contributed by atoms with Crippen LogP contribution in [0, 0.1) is 0 Å². The van der Waals surface area contributed by atoms with E-state index in [1.807, 2.05) is 0 Å². The van der Waals surface area contributed by atoms with Gasteiger partial charge in [-0.05, 0) is 0 Å². The second-order valence-electron chi connectivity index (χ2n) is 0.579. The Morgan fingerprint density at radius 2 is 2.00 bits per heavy atom. The zero-order chi connectivity index (χ0) is 6.12. The van der Waals surface area contributed by atoms with Gasteiger partial charge in [-0.3, -0.25) is 5.11 Å². The normalized spacial score (nSPS) is 6.00. The predicted octanol–water partition coefficient (Wildman–Crippen LogP) is 0.778. The van der Waals surface area contributed by atoms with Gasteiger partial charge in [-0.1, -0.05) is 6.58 Å². The van der Waals surface area contributed by atoms with E-state index in [0.29, 0.717) is 12.1 Å². The van der Waals surface area contributed by atoms with Crippen LogP contribution in [0.3, 0.4) is 0 Å². The summed E-state index contributed by atoms with van der Waals surface area (Å²) in [5, 5.41) is 16.4. The van der Waals surface area contributed by atoms with Gasteiger partial charge < -0.3 is 5.11 Å². The van der Waals surface area contributed by atoms with Gasteiger partial charge in [0.25, 0.3) is 0 Å². The van der Waals surface area contributed by atoms with Crippen LogP contribution in [0.25, 0.3) is 0 Å². The Bertz CT molecular complexity index is 28.9. The number of hydrogen-bond acceptors (Lipinski definition) is 1. The summed E-state index contributed by atoms with van der Waals surface area (Å²) >= 11 is 4.94. The molecule has 0 aliphatic carbocycles. The Kier molecular flexibility index (Phi) is 24.2. The molecular formula is C4H8ClO2. The lowest BCUT2D eigenvalue weighted by molar-refractivity contribution is 0.321. The van der Waals surface area contributed by atoms with Crippen molar-refractivity contribution < 1.29 is 10.2 Å². The molecule has 43 valence electrons. The molecule has 3 heteroatoms. The Labute approximate surface area is 48.0 Å². The lowest BCUT2D eigenvalue weighted by Gasteiger charge is -1.67. The SMILES string of the molecule is C=C[O].OCCCl. The first-order valence-corrected chi connectivity index (χ1v) is 2.26. The maximum Gasteiger partial charge on any atom is 0.135 e. The molecule has 0 saturated heterocycles. The van der Waals surface area contributed by atoms with Crippen LogP contribution < -0.4 is 0 Å². The van der Waals surface area contributed by atoms with Crippen molar-refractivity contribution in [3.8, 4) is 0 Å². The zero-order valence-electron chi connectivity index (χ0n) is 3.93. The Morgan fingerprint density at radius 1 is 1.86 bits per heavy atom. The number of rotatable bonds is 1. The summed E-state index contributed by atoms with van der Waals surface area (Å²) in [4.78, 5) is 0. The molecule has 1 N–H and O–H groups in total. The molecule has 0 aromatic rings. The fourth-order valence-electron chi connectivity index (χ4n) is 0. The summed E-state index contributed by atoms with van der Waals surface area (Å²) in [5.41, 5.74) is 0. The lowest BCUT2D eigenvalue weighted by atomic mass is 10.9. The van der Waals surface area contributed by atoms with Crippen LogP contribution in [0.15, 0.2) is 12.8 Å². The molecule has 0 atom stereocenters. The minimum atomic E-state index is 0.0849. The minimum absolute atomic E-state index is 0.0849. The van der Waals surface area contributed by atoms with E-state index in [-0.39, 0.29) is 6.61 Å². The van der Waals surface area contributed by atoms with Gasteiger partial charge in [-0.25, -0.2) is 0 Å². The molecule has 0 aromatic carbocycles. The standard InChI is InChI=1S/C2H5ClO.C2H3O/c3-1-2-4;1-2-3/h4H,1-2H2;2H,1H2. The van der Waals surface area contributed by atoms with E-state index in [4.69, 9.17) is 21.8 Å². The van der Waals surface area contributed by atoms with E-state index in [0.717, 1.165) is 0 Å². The number of hydrogen-bond donors (Lipinski definition) is 1. The average molecular weight is 124 g/mol. The van der Waals surface area contributed by atoms with Gasteiger partial charge in [0, 0.05) is 5.88 Å². The monoisotopic (exact) mass is 123 g/mol. The number of halogens is 1. The second-order valence-corrected chi connectivity index (χ2v) is 0.957. The maximum absolute atomic E-state index is 8.69. The molecule has 0 saturated carbocycles. The van der Waals surface area contributed by atoms with Gasteiger partial charge in [0.1, 0.15) is 6.26 Å². The fourth-order valence-corrected chi connectivity index (χ4v) is 0. The van der Waals surface area contributed by atoms with Crippen molar-refractivity contribution in [2.24, 2.45) is 0 Å². The third kappa shape index (κ3) is 133. The van der Waals surface area contributed by atoms with E-state index in [9.17, 15) is 0 Å². The summed E-state index contributed by atoms with van der Waals surface area (Å²) in [6.45, 7) is 2.89. The summed E-state index contributed by atoms with van der Waals surface area (Å²) < 4.78 is 0. The smallest absolute Gasteiger partial charge is 0.135 e. The second kappa shape index (κ2) is 17.1. The average Bonchev–Trinajstić information content (AvgIpc) is 1.69. The first kappa shape index (κ1) is 9.92. The van der Waals surface area contributed by atoms with Crippen molar-refractivity contribution in [3.63, 3.8) is 0 Å². The molecule has 0 bridgehead atoms. The molecule has 0 aromatic heterocycles. The third-order valence-corrected chi connectivity index (χ3v) is 0.254. The van der Waals surface area contributed by atoms with E-state index in [1.54, 1.807) is 0 Å². The minimum Gasteiger partial charge on any atom is -0.395 e. The molecule has 0 rings (SSSR count). The van der Waals surface area contributed by atoms with E-state index in [1.165, 1.54) is 0 Å². The molecule has 1 radical (unpaired) electrons. The van der Waals surface area contributed by atoms with E-state index < -0.39 is 0 Å². The summed E-state index contributed by atoms with van der Waals surface area (Å²) in [7, 11) is 0. The highest BCUT2D eigenvalue weighted by Gasteiger charge is 1.60. The van der Waals surface area contributed by atoms with Crippen LogP contribution in [0.1, 0.15) is 0 Å². The first-order valence-electron chi connectivity index (χ1n) is 1.73. The van der Waals surface area contributed by atoms with Crippen LogP contribution in [0.5, 0.6) is 0 Å². The molecule has 0 amide bonds. The molecule has 0 aliphatic rings. The van der Waals surface area contributed by atoms with Crippen molar-refractivity contribution in [2.75, 3.05) is 12.5 Å². The highest BCUT2D eigenvalue weighted by molar-refractivity contribution is 6.17. The van der Waals surface area contributed by atoms with Gasteiger partial charge in [-0.15, -0.1) is 11.6 Å². The van der Waals surface area contributed by atoms with E-state index in [2.05, 4.69) is 6.58 Å². The highest BCUT2D eigenvalue weighted by atomic mass is 35.5. The largest absolute Gasteiger partial charge is 0.395 e. The molecule has 0 aliphatic heterocycles. The van der Waals surface area contributed by atoms with E-state index >= 15 is 0 Å². The number of aliphatic hydroxyl groups excluding tert-OH is 1. The van der Waals surface area contributed by atoms with Crippen LogP contribution in [-0.2, 0) is 5.11 Å². The molecule has 7 heavy (non-hydrogen) atoms. The van der Waals surface area contributed by atoms with Crippen LogP contribution >= 0.6 is 11.6 Å². The quantitative estimate of drug-likeness (QED) is 0.406. The summed E-state index contributed by atoms with van der Waals surface area (Å²) in [5.74, 6) is 0.347. The Balaban J connectivity index is 0. The summed E-state index contributed by atoms with van der Waals surface area (Å²) in [6.07, 6.45) is 0.500.